The van der Waals surface area contributed by atoms with Crippen molar-refractivity contribution in [3.05, 3.63) is 35.1 Å². The number of carbonyl (C=O) groups is 1. The highest BCUT2D eigenvalue weighted by Gasteiger charge is 2.35. The number of rotatable bonds is 4. The lowest BCUT2D eigenvalue weighted by Gasteiger charge is -2.23. The topological polar surface area (TPSA) is 17.1 Å². The van der Waals surface area contributed by atoms with Crippen LogP contribution < -0.4 is 0 Å². The third-order valence-corrected chi connectivity index (χ3v) is 3.08. The van der Waals surface area contributed by atoms with Gasteiger partial charge >= 0.3 is 6.18 Å². The SMILES string of the molecule is CC(CC(=O)c1ccc(F)cc1C(F)(F)F)CC(C)(C)C. The quantitative estimate of drug-likeness (QED) is 0.531. The summed E-state index contributed by atoms with van der Waals surface area (Å²) in [5, 5.41) is 0. The van der Waals surface area contributed by atoms with Crippen LogP contribution in [0.3, 0.4) is 0 Å². The van der Waals surface area contributed by atoms with E-state index < -0.39 is 28.9 Å². The normalized spacial score (nSPS) is 14.1. The van der Waals surface area contributed by atoms with E-state index in [9.17, 15) is 22.4 Å². The summed E-state index contributed by atoms with van der Waals surface area (Å²) in [5.74, 6) is -1.63. The number of hydrogen-bond acceptors (Lipinski definition) is 1. The fourth-order valence-electron chi connectivity index (χ4n) is 2.54. The van der Waals surface area contributed by atoms with Gasteiger partial charge < -0.3 is 0 Å². The average Bonchev–Trinajstić information content (AvgIpc) is 2.24. The van der Waals surface area contributed by atoms with Crippen molar-refractivity contribution in [2.24, 2.45) is 11.3 Å². The summed E-state index contributed by atoms with van der Waals surface area (Å²) >= 11 is 0. The van der Waals surface area contributed by atoms with Crippen molar-refractivity contribution in [3.63, 3.8) is 0 Å². The van der Waals surface area contributed by atoms with Gasteiger partial charge in [-0.2, -0.15) is 13.2 Å². The van der Waals surface area contributed by atoms with E-state index in [-0.39, 0.29) is 17.8 Å². The van der Waals surface area contributed by atoms with Crippen molar-refractivity contribution < 1.29 is 22.4 Å². The van der Waals surface area contributed by atoms with Crippen molar-refractivity contribution in [2.75, 3.05) is 0 Å². The van der Waals surface area contributed by atoms with Gasteiger partial charge in [-0.3, -0.25) is 4.79 Å². The Hall–Kier alpha value is -1.39. The lowest BCUT2D eigenvalue weighted by Crippen LogP contribution is -2.18. The predicted molar refractivity (Wildman–Crippen MR) is 73.6 cm³/mol. The monoisotopic (exact) mass is 304 g/mol. The molecule has 0 fully saturated rings. The molecule has 0 N–H and O–H groups in total. The number of carbonyl (C=O) groups excluding carboxylic acids is 1. The molecule has 0 radical (unpaired) electrons. The molecule has 0 amide bonds. The molecule has 0 heterocycles. The van der Waals surface area contributed by atoms with E-state index in [0.29, 0.717) is 6.07 Å². The maximum Gasteiger partial charge on any atom is 0.417 e. The zero-order valence-electron chi connectivity index (χ0n) is 12.6. The Bertz CT molecular complexity index is 512. The van der Waals surface area contributed by atoms with Crippen LogP contribution in [0.15, 0.2) is 18.2 Å². The summed E-state index contributed by atoms with van der Waals surface area (Å²) in [6, 6.07) is 2.18. The van der Waals surface area contributed by atoms with Crippen molar-refractivity contribution in [3.8, 4) is 0 Å². The van der Waals surface area contributed by atoms with Gasteiger partial charge in [-0.1, -0.05) is 27.7 Å². The van der Waals surface area contributed by atoms with Crippen molar-refractivity contribution in [1.82, 2.24) is 0 Å². The molecule has 21 heavy (non-hydrogen) atoms. The smallest absolute Gasteiger partial charge is 0.294 e. The molecule has 1 aromatic carbocycles. The molecule has 5 heteroatoms. The van der Waals surface area contributed by atoms with Gasteiger partial charge in [0.1, 0.15) is 5.82 Å². The number of Topliss-reactive ketones (excluding diaryl/α,β-unsaturated/α-hetero) is 1. The van der Waals surface area contributed by atoms with Gasteiger partial charge in [0.15, 0.2) is 5.78 Å². The van der Waals surface area contributed by atoms with E-state index in [2.05, 4.69) is 0 Å². The Labute approximate surface area is 122 Å². The van der Waals surface area contributed by atoms with Gasteiger partial charge in [0.2, 0.25) is 0 Å². The van der Waals surface area contributed by atoms with E-state index in [4.69, 9.17) is 0 Å². The van der Waals surface area contributed by atoms with Crippen LogP contribution in [0.2, 0.25) is 0 Å². The molecule has 1 nitrogen and oxygen atoms in total. The Morgan fingerprint density at radius 2 is 1.76 bits per heavy atom. The molecule has 0 aliphatic carbocycles. The summed E-state index contributed by atoms with van der Waals surface area (Å²) in [6.45, 7) is 7.85. The molecular formula is C16H20F4O. The molecule has 1 aromatic rings. The lowest BCUT2D eigenvalue weighted by atomic mass is 9.82. The van der Waals surface area contributed by atoms with E-state index in [1.54, 1.807) is 0 Å². The predicted octanol–water partition coefficient (Wildman–Crippen LogP) is 5.49. The first-order valence-corrected chi connectivity index (χ1v) is 6.80. The molecule has 1 unspecified atom stereocenters. The van der Waals surface area contributed by atoms with Gasteiger partial charge in [0.25, 0.3) is 0 Å². The highest BCUT2D eigenvalue weighted by Crippen LogP contribution is 2.34. The standard InChI is InChI=1S/C16H20F4O/c1-10(9-15(2,3)4)7-14(21)12-6-5-11(17)8-13(12)16(18,19)20/h5-6,8,10H,7,9H2,1-4H3. The van der Waals surface area contributed by atoms with Crippen molar-refractivity contribution >= 4 is 5.78 Å². The average molecular weight is 304 g/mol. The zero-order valence-corrected chi connectivity index (χ0v) is 12.6. The molecule has 0 spiro atoms. The highest BCUT2D eigenvalue weighted by atomic mass is 19.4. The van der Waals surface area contributed by atoms with E-state index in [1.165, 1.54) is 0 Å². The van der Waals surface area contributed by atoms with Gasteiger partial charge in [-0.25, -0.2) is 4.39 Å². The maximum atomic E-state index is 13.0. The highest BCUT2D eigenvalue weighted by molar-refractivity contribution is 5.97. The van der Waals surface area contributed by atoms with Gasteiger partial charge in [-0.05, 0) is 36.0 Å². The van der Waals surface area contributed by atoms with Crippen molar-refractivity contribution in [1.29, 1.82) is 0 Å². The van der Waals surface area contributed by atoms with Crippen LogP contribution in [0.4, 0.5) is 17.6 Å². The van der Waals surface area contributed by atoms with Gasteiger partial charge in [0, 0.05) is 12.0 Å². The molecule has 1 rings (SSSR count). The summed E-state index contributed by atoms with van der Waals surface area (Å²) in [6.07, 6.45) is -3.99. The number of alkyl halides is 3. The lowest BCUT2D eigenvalue weighted by molar-refractivity contribution is -0.138. The third kappa shape index (κ3) is 5.48. The van der Waals surface area contributed by atoms with E-state index in [0.717, 1.165) is 18.6 Å². The largest absolute Gasteiger partial charge is 0.417 e. The Morgan fingerprint density at radius 1 is 1.19 bits per heavy atom. The molecule has 0 saturated carbocycles. The molecule has 0 aliphatic rings. The van der Waals surface area contributed by atoms with Crippen LogP contribution >= 0.6 is 0 Å². The molecule has 0 bridgehead atoms. The van der Waals surface area contributed by atoms with Gasteiger partial charge in [0.05, 0.1) is 5.56 Å². The van der Waals surface area contributed by atoms with E-state index in [1.807, 2.05) is 27.7 Å². The van der Waals surface area contributed by atoms with Crippen LogP contribution in [0.5, 0.6) is 0 Å². The minimum Gasteiger partial charge on any atom is -0.294 e. The fraction of sp³-hybridized carbons (Fsp3) is 0.562. The number of hydrogen-bond donors (Lipinski definition) is 0. The van der Waals surface area contributed by atoms with Gasteiger partial charge in [-0.15, -0.1) is 0 Å². The molecule has 118 valence electrons. The number of halogens is 4. The maximum absolute atomic E-state index is 13.0. The Balaban J connectivity index is 2.98. The first kappa shape index (κ1) is 17.7. The molecule has 1 atom stereocenters. The first-order chi connectivity index (χ1) is 9.40. The number of benzene rings is 1. The van der Waals surface area contributed by atoms with Crippen LogP contribution in [-0.2, 0) is 6.18 Å². The Morgan fingerprint density at radius 3 is 2.24 bits per heavy atom. The second-order valence-corrected chi connectivity index (χ2v) is 6.68. The van der Waals surface area contributed by atoms with Crippen molar-refractivity contribution in [2.45, 2.75) is 46.7 Å². The summed E-state index contributed by atoms with van der Waals surface area (Å²) in [4.78, 5) is 12.1. The number of ketones is 1. The van der Waals surface area contributed by atoms with Crippen LogP contribution in [0.25, 0.3) is 0 Å². The molecule has 0 aromatic heterocycles. The van der Waals surface area contributed by atoms with Crippen LogP contribution in [0, 0.1) is 17.2 Å². The molecule has 0 aliphatic heterocycles. The second kappa shape index (κ2) is 6.16. The zero-order chi connectivity index (χ0) is 16.4. The fourth-order valence-corrected chi connectivity index (χ4v) is 2.54. The first-order valence-electron chi connectivity index (χ1n) is 6.80. The third-order valence-electron chi connectivity index (χ3n) is 3.08. The Kier molecular flexibility index (Phi) is 5.18. The van der Waals surface area contributed by atoms with Crippen LogP contribution in [0.1, 0.15) is 56.5 Å². The van der Waals surface area contributed by atoms with E-state index >= 15 is 0 Å². The summed E-state index contributed by atoms with van der Waals surface area (Å²) in [7, 11) is 0. The minimum atomic E-state index is -4.74. The minimum absolute atomic E-state index is 0.00461. The summed E-state index contributed by atoms with van der Waals surface area (Å²) < 4.78 is 51.6. The molecular weight excluding hydrogens is 284 g/mol. The second-order valence-electron chi connectivity index (χ2n) is 6.68. The summed E-state index contributed by atoms with van der Waals surface area (Å²) in [5.41, 5.74) is -1.66. The molecule has 0 saturated heterocycles. The van der Waals surface area contributed by atoms with Crippen LogP contribution in [-0.4, -0.2) is 5.78 Å².